The molecule has 0 aliphatic heterocycles. The Morgan fingerprint density at radius 1 is 1.06 bits per heavy atom. The summed E-state index contributed by atoms with van der Waals surface area (Å²) in [5.41, 5.74) is 0. The van der Waals surface area contributed by atoms with Crippen molar-refractivity contribution in [1.82, 2.24) is 0 Å². The van der Waals surface area contributed by atoms with Gasteiger partial charge in [-0.1, -0.05) is 52.9 Å². The summed E-state index contributed by atoms with van der Waals surface area (Å²) in [6.45, 7) is 6.43. The quantitative estimate of drug-likeness (QED) is 0.750. The molecule has 0 radical (unpaired) electrons. The van der Waals surface area contributed by atoms with E-state index in [9.17, 15) is 10.2 Å². The third-order valence-corrected chi connectivity index (χ3v) is 4.77. The zero-order valence-electron chi connectivity index (χ0n) is 11.7. The van der Waals surface area contributed by atoms with E-state index in [1.165, 1.54) is 19.3 Å². The summed E-state index contributed by atoms with van der Waals surface area (Å²) in [4.78, 5) is 0. The van der Waals surface area contributed by atoms with Gasteiger partial charge in [0.15, 0.2) is 0 Å². The average molecular weight is 242 g/mol. The molecule has 0 heterocycles. The van der Waals surface area contributed by atoms with E-state index in [0.717, 1.165) is 31.6 Å². The van der Waals surface area contributed by atoms with E-state index in [-0.39, 0.29) is 5.92 Å². The zero-order chi connectivity index (χ0) is 12.8. The first kappa shape index (κ1) is 15.0. The van der Waals surface area contributed by atoms with Crippen LogP contribution >= 0.6 is 0 Å². The van der Waals surface area contributed by atoms with Crippen molar-refractivity contribution >= 4 is 0 Å². The van der Waals surface area contributed by atoms with Gasteiger partial charge >= 0.3 is 0 Å². The zero-order valence-corrected chi connectivity index (χ0v) is 11.7. The van der Waals surface area contributed by atoms with Gasteiger partial charge in [0.1, 0.15) is 0 Å². The lowest BCUT2D eigenvalue weighted by Crippen LogP contribution is -2.40. The minimum atomic E-state index is -0.523. The lowest BCUT2D eigenvalue weighted by Gasteiger charge is -2.36. The van der Waals surface area contributed by atoms with Gasteiger partial charge in [0.05, 0.1) is 12.2 Å². The van der Waals surface area contributed by atoms with Crippen molar-refractivity contribution in [3.8, 4) is 0 Å². The van der Waals surface area contributed by atoms with Gasteiger partial charge in [-0.3, -0.25) is 0 Å². The fraction of sp³-hybridized carbons (Fsp3) is 1.00. The fourth-order valence-corrected chi connectivity index (χ4v) is 3.34. The highest BCUT2D eigenvalue weighted by molar-refractivity contribution is 4.84. The molecule has 0 amide bonds. The number of aliphatic hydroxyl groups is 2. The lowest BCUT2D eigenvalue weighted by atomic mass is 9.74. The van der Waals surface area contributed by atoms with Crippen LogP contribution in [-0.4, -0.2) is 22.4 Å². The van der Waals surface area contributed by atoms with Crippen LogP contribution in [0.5, 0.6) is 0 Å². The first-order valence-corrected chi connectivity index (χ1v) is 7.50. The third-order valence-electron chi connectivity index (χ3n) is 4.77. The lowest BCUT2D eigenvalue weighted by molar-refractivity contribution is -0.0616. The number of aliphatic hydroxyl groups excluding tert-OH is 2. The van der Waals surface area contributed by atoms with Crippen molar-refractivity contribution in [2.24, 2.45) is 17.8 Å². The SMILES string of the molecule is CCC1CCCC(C(O)C(O)C(CC)CC)C1. The molecule has 1 saturated carbocycles. The van der Waals surface area contributed by atoms with E-state index in [1.54, 1.807) is 0 Å². The van der Waals surface area contributed by atoms with Gasteiger partial charge in [0, 0.05) is 0 Å². The highest BCUT2D eigenvalue weighted by Gasteiger charge is 2.33. The molecule has 0 aromatic rings. The minimum absolute atomic E-state index is 0.256. The van der Waals surface area contributed by atoms with Crippen LogP contribution in [0.4, 0.5) is 0 Å². The van der Waals surface area contributed by atoms with E-state index >= 15 is 0 Å². The van der Waals surface area contributed by atoms with Crippen molar-refractivity contribution in [2.75, 3.05) is 0 Å². The Morgan fingerprint density at radius 2 is 1.71 bits per heavy atom. The molecule has 0 spiro atoms. The molecule has 2 nitrogen and oxygen atoms in total. The highest BCUT2D eigenvalue weighted by atomic mass is 16.3. The summed E-state index contributed by atoms with van der Waals surface area (Å²) in [7, 11) is 0. The van der Waals surface area contributed by atoms with Gasteiger partial charge in [-0.2, -0.15) is 0 Å². The molecule has 2 heteroatoms. The van der Waals surface area contributed by atoms with Crippen LogP contribution in [0.25, 0.3) is 0 Å². The van der Waals surface area contributed by atoms with E-state index < -0.39 is 12.2 Å². The smallest absolute Gasteiger partial charge is 0.0830 e. The van der Waals surface area contributed by atoms with E-state index in [0.29, 0.717) is 5.92 Å². The molecule has 0 bridgehead atoms. The monoisotopic (exact) mass is 242 g/mol. The van der Waals surface area contributed by atoms with Crippen LogP contribution in [-0.2, 0) is 0 Å². The van der Waals surface area contributed by atoms with Gasteiger partial charge in [0.2, 0.25) is 0 Å². The Hall–Kier alpha value is -0.0800. The largest absolute Gasteiger partial charge is 0.390 e. The normalized spacial score (nSPS) is 29.3. The van der Waals surface area contributed by atoms with Crippen molar-refractivity contribution in [3.63, 3.8) is 0 Å². The van der Waals surface area contributed by atoms with Crippen LogP contribution in [0.1, 0.15) is 65.7 Å². The van der Waals surface area contributed by atoms with Crippen molar-refractivity contribution in [3.05, 3.63) is 0 Å². The predicted octanol–water partition coefficient (Wildman–Crippen LogP) is 3.36. The van der Waals surface area contributed by atoms with Crippen molar-refractivity contribution in [1.29, 1.82) is 0 Å². The van der Waals surface area contributed by atoms with Crippen molar-refractivity contribution < 1.29 is 10.2 Å². The molecule has 17 heavy (non-hydrogen) atoms. The second-order valence-corrected chi connectivity index (χ2v) is 5.76. The number of rotatable bonds is 6. The Labute approximate surface area is 106 Å². The Balaban J connectivity index is 2.52. The molecule has 1 rings (SSSR count). The maximum absolute atomic E-state index is 10.3. The maximum atomic E-state index is 10.3. The summed E-state index contributed by atoms with van der Waals surface area (Å²) in [5, 5.41) is 20.6. The molecule has 4 atom stereocenters. The molecule has 2 N–H and O–H groups in total. The fourth-order valence-electron chi connectivity index (χ4n) is 3.34. The molecule has 102 valence electrons. The van der Waals surface area contributed by atoms with Gasteiger partial charge in [-0.05, 0) is 30.6 Å². The molecule has 1 fully saturated rings. The molecule has 4 unspecified atom stereocenters. The van der Waals surface area contributed by atoms with E-state index in [4.69, 9.17) is 0 Å². The van der Waals surface area contributed by atoms with E-state index in [1.807, 2.05) is 0 Å². The summed E-state index contributed by atoms with van der Waals surface area (Å²) in [5.74, 6) is 1.34. The molecule has 1 aliphatic carbocycles. The Morgan fingerprint density at radius 3 is 2.24 bits per heavy atom. The van der Waals surface area contributed by atoms with Crippen LogP contribution in [0.3, 0.4) is 0 Å². The minimum Gasteiger partial charge on any atom is -0.390 e. The number of hydrogen-bond acceptors (Lipinski definition) is 2. The predicted molar refractivity (Wildman–Crippen MR) is 71.8 cm³/mol. The first-order valence-electron chi connectivity index (χ1n) is 7.50. The van der Waals surface area contributed by atoms with Gasteiger partial charge < -0.3 is 10.2 Å². The third kappa shape index (κ3) is 3.96. The van der Waals surface area contributed by atoms with Crippen LogP contribution in [0.2, 0.25) is 0 Å². The molecule has 1 aliphatic rings. The second kappa shape index (κ2) is 7.38. The molecule has 0 aromatic heterocycles. The second-order valence-electron chi connectivity index (χ2n) is 5.76. The summed E-state index contributed by atoms with van der Waals surface area (Å²) < 4.78 is 0. The molecule has 0 saturated heterocycles. The summed E-state index contributed by atoms with van der Waals surface area (Å²) in [6.07, 6.45) is 6.82. The van der Waals surface area contributed by atoms with E-state index in [2.05, 4.69) is 20.8 Å². The summed E-state index contributed by atoms with van der Waals surface area (Å²) >= 11 is 0. The summed E-state index contributed by atoms with van der Waals surface area (Å²) in [6, 6.07) is 0. The Bertz CT molecular complexity index is 201. The molecule has 0 aromatic carbocycles. The standard InChI is InChI=1S/C15H30O2/c1-4-11-8-7-9-13(10-11)15(17)14(16)12(5-2)6-3/h11-17H,4-10H2,1-3H3. The molecular weight excluding hydrogens is 212 g/mol. The topological polar surface area (TPSA) is 40.5 Å². The average Bonchev–Trinajstić information content (AvgIpc) is 2.39. The van der Waals surface area contributed by atoms with Crippen molar-refractivity contribution in [2.45, 2.75) is 77.9 Å². The van der Waals surface area contributed by atoms with Gasteiger partial charge in [0.25, 0.3) is 0 Å². The first-order chi connectivity index (χ1) is 8.13. The van der Waals surface area contributed by atoms with Crippen LogP contribution in [0, 0.1) is 17.8 Å². The Kier molecular flexibility index (Phi) is 6.50. The molecular formula is C15H30O2. The van der Waals surface area contributed by atoms with Crippen LogP contribution in [0.15, 0.2) is 0 Å². The van der Waals surface area contributed by atoms with Gasteiger partial charge in [-0.25, -0.2) is 0 Å². The number of hydrogen-bond donors (Lipinski definition) is 2. The van der Waals surface area contributed by atoms with Crippen LogP contribution < -0.4 is 0 Å². The van der Waals surface area contributed by atoms with Gasteiger partial charge in [-0.15, -0.1) is 0 Å². The maximum Gasteiger partial charge on any atom is 0.0830 e. The highest BCUT2D eigenvalue weighted by Crippen LogP contribution is 2.35.